The number of benzene rings is 3. The highest BCUT2D eigenvalue weighted by molar-refractivity contribution is 5.79. The molecule has 1 aromatic heterocycles. The second-order valence-electron chi connectivity index (χ2n) is 6.71. The predicted molar refractivity (Wildman–Crippen MR) is 120 cm³/mol. The van der Waals surface area contributed by atoms with Gasteiger partial charge < -0.3 is 23.4 Å². The lowest BCUT2D eigenvalue weighted by Crippen LogP contribution is -2.03. The van der Waals surface area contributed by atoms with E-state index in [1.165, 1.54) is 0 Å². The fourth-order valence-electron chi connectivity index (χ4n) is 3.35. The minimum atomic E-state index is 0.622. The average Bonchev–Trinajstić information content (AvgIpc) is 2.83. The summed E-state index contributed by atoms with van der Waals surface area (Å²) in [4.78, 5) is 4.88. The van der Waals surface area contributed by atoms with Crippen molar-refractivity contribution in [2.45, 2.75) is 0 Å². The maximum Gasteiger partial charge on any atom is 0.161 e. The van der Waals surface area contributed by atoms with E-state index in [0.29, 0.717) is 34.4 Å². The van der Waals surface area contributed by atoms with E-state index in [0.717, 1.165) is 21.9 Å². The standard InChI is InChI=1S/C25H23NO5/c1-27-17-10-11-19(24(14-17)29-3)26-20-15-23(31-21-8-6-5-7-18(20)21)16-9-12-22(28-2)25(13-16)30-4/h5-15H,1-4H3. The summed E-state index contributed by atoms with van der Waals surface area (Å²) < 4.78 is 27.8. The van der Waals surface area contributed by atoms with Crippen LogP contribution in [0.4, 0.5) is 5.69 Å². The van der Waals surface area contributed by atoms with Gasteiger partial charge in [0.2, 0.25) is 0 Å². The van der Waals surface area contributed by atoms with Gasteiger partial charge in [0.1, 0.15) is 28.5 Å². The van der Waals surface area contributed by atoms with Crippen molar-refractivity contribution in [3.63, 3.8) is 0 Å². The molecular weight excluding hydrogens is 394 g/mol. The van der Waals surface area contributed by atoms with Gasteiger partial charge in [-0.1, -0.05) is 12.1 Å². The van der Waals surface area contributed by atoms with E-state index in [1.54, 1.807) is 28.4 Å². The van der Waals surface area contributed by atoms with Gasteiger partial charge in [-0.15, -0.1) is 0 Å². The zero-order valence-corrected chi connectivity index (χ0v) is 17.8. The van der Waals surface area contributed by atoms with Gasteiger partial charge in [-0.3, -0.25) is 0 Å². The van der Waals surface area contributed by atoms with Crippen molar-refractivity contribution in [1.29, 1.82) is 0 Å². The number of hydrogen-bond donors (Lipinski definition) is 0. The summed E-state index contributed by atoms with van der Waals surface area (Å²) in [6.45, 7) is 0. The molecule has 0 saturated heterocycles. The summed E-state index contributed by atoms with van der Waals surface area (Å²) in [5, 5.41) is 1.65. The van der Waals surface area contributed by atoms with E-state index < -0.39 is 0 Å². The van der Waals surface area contributed by atoms with E-state index in [4.69, 9.17) is 28.4 Å². The fraction of sp³-hybridized carbons (Fsp3) is 0.160. The Bertz CT molecular complexity index is 1290. The van der Waals surface area contributed by atoms with Gasteiger partial charge in [0.25, 0.3) is 0 Å². The van der Waals surface area contributed by atoms with Crippen molar-refractivity contribution in [3.8, 4) is 34.3 Å². The summed E-state index contributed by atoms with van der Waals surface area (Å²) in [5.74, 6) is 3.26. The molecule has 4 rings (SSSR count). The lowest BCUT2D eigenvalue weighted by molar-refractivity contribution is 0.355. The van der Waals surface area contributed by atoms with Crippen molar-refractivity contribution in [2.24, 2.45) is 4.99 Å². The van der Waals surface area contributed by atoms with Gasteiger partial charge in [-0.2, -0.15) is 0 Å². The van der Waals surface area contributed by atoms with Crippen LogP contribution in [0.5, 0.6) is 23.0 Å². The summed E-state index contributed by atoms with van der Waals surface area (Å²) >= 11 is 0. The number of methoxy groups -OCH3 is 4. The Balaban J connectivity index is 1.94. The Labute approximate surface area is 180 Å². The molecule has 0 bridgehead atoms. The molecule has 0 amide bonds. The third kappa shape index (κ3) is 4.05. The predicted octanol–water partition coefficient (Wildman–Crippen LogP) is 5.37. The summed E-state index contributed by atoms with van der Waals surface area (Å²) in [7, 11) is 6.45. The number of ether oxygens (including phenoxy) is 4. The Morgan fingerprint density at radius 1 is 0.677 bits per heavy atom. The van der Waals surface area contributed by atoms with Crippen LogP contribution in [-0.4, -0.2) is 28.4 Å². The molecule has 0 fully saturated rings. The molecule has 0 radical (unpaired) electrons. The van der Waals surface area contributed by atoms with E-state index in [1.807, 2.05) is 66.7 Å². The van der Waals surface area contributed by atoms with Crippen molar-refractivity contribution < 1.29 is 23.4 Å². The summed E-state index contributed by atoms with van der Waals surface area (Å²) in [6.07, 6.45) is 0. The van der Waals surface area contributed by atoms with Crippen LogP contribution in [0.3, 0.4) is 0 Å². The van der Waals surface area contributed by atoms with Gasteiger partial charge in [-0.05, 0) is 42.5 Å². The molecule has 3 aromatic carbocycles. The second-order valence-corrected chi connectivity index (χ2v) is 6.71. The molecule has 0 saturated carbocycles. The lowest BCUT2D eigenvalue weighted by atomic mass is 10.1. The van der Waals surface area contributed by atoms with E-state index in [9.17, 15) is 0 Å². The molecule has 0 N–H and O–H groups in total. The molecule has 0 unspecified atom stereocenters. The highest BCUT2D eigenvalue weighted by Gasteiger charge is 2.11. The summed E-state index contributed by atoms with van der Waals surface area (Å²) in [6, 6.07) is 20.9. The zero-order valence-electron chi connectivity index (χ0n) is 17.8. The molecule has 6 nitrogen and oxygen atoms in total. The monoisotopic (exact) mass is 417 g/mol. The number of fused-ring (bicyclic) bond motifs is 1. The van der Waals surface area contributed by atoms with Crippen LogP contribution in [0, 0.1) is 0 Å². The Kier molecular flexibility index (Phi) is 5.80. The maximum atomic E-state index is 6.18. The maximum absolute atomic E-state index is 6.18. The van der Waals surface area contributed by atoms with Crippen LogP contribution in [0.15, 0.2) is 76.1 Å². The first-order chi connectivity index (χ1) is 15.2. The molecule has 31 heavy (non-hydrogen) atoms. The Morgan fingerprint density at radius 3 is 2.19 bits per heavy atom. The van der Waals surface area contributed by atoms with Crippen LogP contribution >= 0.6 is 0 Å². The van der Waals surface area contributed by atoms with Crippen LogP contribution in [-0.2, 0) is 0 Å². The van der Waals surface area contributed by atoms with Gasteiger partial charge >= 0.3 is 0 Å². The molecule has 6 heteroatoms. The first-order valence-electron chi connectivity index (χ1n) is 9.69. The van der Waals surface area contributed by atoms with Crippen molar-refractivity contribution in [3.05, 3.63) is 72.1 Å². The first kappa shape index (κ1) is 20.3. The van der Waals surface area contributed by atoms with Crippen LogP contribution in [0.25, 0.3) is 22.3 Å². The number of hydrogen-bond acceptors (Lipinski definition) is 6. The van der Waals surface area contributed by atoms with Crippen molar-refractivity contribution in [2.75, 3.05) is 28.4 Å². The minimum Gasteiger partial charge on any atom is -0.497 e. The fourth-order valence-corrected chi connectivity index (χ4v) is 3.35. The topological polar surface area (TPSA) is 62.4 Å². The smallest absolute Gasteiger partial charge is 0.161 e. The molecular formula is C25H23NO5. The largest absolute Gasteiger partial charge is 0.497 e. The average molecular weight is 417 g/mol. The second kappa shape index (κ2) is 8.83. The third-order valence-electron chi connectivity index (χ3n) is 4.95. The van der Waals surface area contributed by atoms with E-state index in [-0.39, 0.29) is 0 Å². The van der Waals surface area contributed by atoms with Gasteiger partial charge in [0, 0.05) is 23.1 Å². The lowest BCUT2D eigenvalue weighted by Gasteiger charge is -2.10. The molecule has 4 aromatic rings. The molecule has 158 valence electrons. The van der Waals surface area contributed by atoms with Crippen molar-refractivity contribution >= 4 is 16.7 Å². The molecule has 1 heterocycles. The first-order valence-corrected chi connectivity index (χ1v) is 9.69. The van der Waals surface area contributed by atoms with Crippen LogP contribution in [0.2, 0.25) is 0 Å². The highest BCUT2D eigenvalue weighted by Crippen LogP contribution is 2.34. The van der Waals surface area contributed by atoms with E-state index >= 15 is 0 Å². The molecule has 0 spiro atoms. The van der Waals surface area contributed by atoms with Gasteiger partial charge in [-0.25, -0.2) is 4.99 Å². The van der Waals surface area contributed by atoms with Gasteiger partial charge in [0.05, 0.1) is 33.8 Å². The third-order valence-corrected chi connectivity index (χ3v) is 4.95. The highest BCUT2D eigenvalue weighted by atomic mass is 16.5. The minimum absolute atomic E-state index is 0.622. The number of para-hydroxylation sites is 1. The number of nitrogens with zero attached hydrogens (tertiary/aromatic N) is 1. The summed E-state index contributed by atoms with van der Waals surface area (Å²) in [5.41, 5.74) is 2.26. The van der Waals surface area contributed by atoms with Crippen molar-refractivity contribution in [1.82, 2.24) is 0 Å². The Morgan fingerprint density at radius 2 is 1.45 bits per heavy atom. The molecule has 0 aliphatic heterocycles. The van der Waals surface area contributed by atoms with E-state index in [2.05, 4.69) is 0 Å². The zero-order chi connectivity index (χ0) is 21.8. The normalized spacial score (nSPS) is 11.4. The van der Waals surface area contributed by atoms with Crippen LogP contribution in [0.1, 0.15) is 0 Å². The SMILES string of the molecule is COc1ccc(N=c2cc(-c3ccc(OC)c(OC)c3)oc3ccccc23)c(OC)c1. The quantitative estimate of drug-likeness (QED) is 0.422. The number of rotatable bonds is 6. The molecule has 0 aliphatic carbocycles. The Hall–Kier alpha value is -3.93. The molecule has 0 aliphatic rings. The van der Waals surface area contributed by atoms with Gasteiger partial charge in [0.15, 0.2) is 11.5 Å². The van der Waals surface area contributed by atoms with Crippen LogP contribution < -0.4 is 24.3 Å². The molecule has 0 atom stereocenters.